The highest BCUT2D eigenvalue weighted by Gasteiger charge is 2.35. The Morgan fingerprint density at radius 2 is 1.71 bits per heavy atom. The lowest BCUT2D eigenvalue weighted by Gasteiger charge is -2.21. The van der Waals surface area contributed by atoms with E-state index in [1.54, 1.807) is 0 Å². The van der Waals surface area contributed by atoms with Gasteiger partial charge in [-0.25, -0.2) is 9.56 Å². The maximum absolute atomic E-state index is 13.8. The van der Waals surface area contributed by atoms with Gasteiger partial charge in [0, 0.05) is 43.8 Å². The van der Waals surface area contributed by atoms with Crippen molar-refractivity contribution < 1.29 is 13.2 Å². The van der Waals surface area contributed by atoms with E-state index < -0.39 is 11.7 Å². The molecule has 2 fully saturated rings. The van der Waals surface area contributed by atoms with Gasteiger partial charge < -0.3 is 4.90 Å². The van der Waals surface area contributed by atoms with Gasteiger partial charge in [0.1, 0.15) is 13.1 Å². The third-order valence-corrected chi connectivity index (χ3v) is 6.78. The number of hydrogen-bond donors (Lipinski definition) is 0. The minimum Gasteiger partial charge on any atom is -0.371 e. The van der Waals surface area contributed by atoms with E-state index in [0.29, 0.717) is 16.1 Å². The topological polar surface area (TPSA) is 19.1 Å². The van der Waals surface area contributed by atoms with Crippen LogP contribution in [-0.4, -0.2) is 31.2 Å². The molecular weight excluding hydrogens is 383 g/mol. The van der Waals surface area contributed by atoms with Crippen molar-refractivity contribution in [2.24, 2.45) is 0 Å². The van der Waals surface area contributed by atoms with Gasteiger partial charge in [-0.1, -0.05) is 0 Å². The normalized spacial score (nSPS) is 18.0. The minimum absolute atomic E-state index is 0.0573. The number of rotatable bonds is 1. The molecule has 0 saturated carbocycles. The van der Waals surface area contributed by atoms with E-state index in [9.17, 15) is 13.2 Å². The number of halogens is 3. The molecule has 0 aromatic heterocycles. The second kappa shape index (κ2) is 6.72. The first-order valence-corrected chi connectivity index (χ1v) is 10.6. The van der Waals surface area contributed by atoms with E-state index in [1.807, 2.05) is 23.1 Å². The molecular formula is C21H21F3N3S+. The van der Waals surface area contributed by atoms with Crippen LogP contribution in [0.5, 0.6) is 0 Å². The Morgan fingerprint density at radius 1 is 0.964 bits per heavy atom. The molecule has 28 heavy (non-hydrogen) atoms. The quantitative estimate of drug-likeness (QED) is 0.437. The van der Waals surface area contributed by atoms with Crippen LogP contribution in [0, 0.1) is 0 Å². The summed E-state index contributed by atoms with van der Waals surface area (Å²) in [6.07, 6.45) is 0.00395. The fourth-order valence-electron chi connectivity index (χ4n) is 4.25. The Morgan fingerprint density at radius 3 is 2.43 bits per heavy atom. The molecule has 0 spiro atoms. The van der Waals surface area contributed by atoms with E-state index in [2.05, 4.69) is 15.6 Å². The van der Waals surface area contributed by atoms with Gasteiger partial charge in [0.2, 0.25) is 5.36 Å². The van der Waals surface area contributed by atoms with Crippen LogP contribution in [0.3, 0.4) is 0 Å². The molecule has 0 bridgehead atoms. The summed E-state index contributed by atoms with van der Waals surface area (Å²) in [6, 6.07) is 9.07. The molecule has 0 radical (unpaired) electrons. The van der Waals surface area contributed by atoms with E-state index in [4.69, 9.17) is 0 Å². The van der Waals surface area contributed by atoms with Gasteiger partial charge in [-0.15, -0.1) is 11.3 Å². The Balaban J connectivity index is 1.75. The highest BCUT2D eigenvalue weighted by molar-refractivity contribution is 7.21. The van der Waals surface area contributed by atoms with Crippen LogP contribution < -0.4 is 14.8 Å². The lowest BCUT2D eigenvalue weighted by atomic mass is 10.1. The molecule has 2 saturated heterocycles. The summed E-state index contributed by atoms with van der Waals surface area (Å²) in [7, 11) is 0. The number of aromatic nitrogens is 1. The molecule has 5 rings (SSSR count). The maximum Gasteiger partial charge on any atom is 0.418 e. The summed E-state index contributed by atoms with van der Waals surface area (Å²) in [6.45, 7) is 3.70. The van der Waals surface area contributed by atoms with Crippen molar-refractivity contribution in [1.82, 2.24) is 9.56 Å². The van der Waals surface area contributed by atoms with Crippen molar-refractivity contribution in [3.8, 4) is 10.6 Å². The summed E-state index contributed by atoms with van der Waals surface area (Å²) in [5.41, 5.74) is 0.709. The molecule has 1 aromatic rings. The Kier molecular flexibility index (Phi) is 4.30. The SMILES string of the molecule is FC(F)(F)c1cc(N2CCCC2)cc2sc3cc(=[N+]4CCCC4)ccc-3nc12. The van der Waals surface area contributed by atoms with Gasteiger partial charge in [0.25, 0.3) is 0 Å². The molecule has 4 aliphatic rings. The standard InChI is InChI=1S/C21H21F3N3S/c22-21(23,24)16-11-15(27-9-3-4-10-27)13-19-20(16)25-17-6-5-14(12-18(17)28-19)26-7-1-2-8-26/h5-6,11-13H,1-4,7-10H2/q+1. The number of nitrogens with zero attached hydrogens (tertiary/aromatic N) is 3. The third-order valence-electron chi connectivity index (χ3n) is 5.70. The zero-order valence-corrected chi connectivity index (χ0v) is 16.2. The predicted octanol–water partition coefficient (Wildman–Crippen LogP) is 4.59. The number of benzene rings is 2. The van der Waals surface area contributed by atoms with Gasteiger partial charge in [-0.05, 0) is 31.0 Å². The summed E-state index contributed by atoms with van der Waals surface area (Å²) in [5.74, 6) is 0. The van der Waals surface area contributed by atoms with Crippen molar-refractivity contribution in [2.45, 2.75) is 31.9 Å². The smallest absolute Gasteiger partial charge is 0.371 e. The first-order chi connectivity index (χ1) is 13.5. The highest BCUT2D eigenvalue weighted by Crippen LogP contribution is 2.41. The average molecular weight is 404 g/mol. The molecule has 146 valence electrons. The van der Waals surface area contributed by atoms with E-state index in [-0.39, 0.29) is 5.52 Å². The maximum atomic E-state index is 13.8. The van der Waals surface area contributed by atoms with Crippen LogP contribution in [0.15, 0.2) is 30.3 Å². The second-order valence-corrected chi connectivity index (χ2v) is 8.68. The molecule has 1 aromatic carbocycles. The summed E-state index contributed by atoms with van der Waals surface area (Å²) in [4.78, 5) is 7.41. The van der Waals surface area contributed by atoms with Crippen molar-refractivity contribution in [3.05, 3.63) is 41.3 Å². The van der Waals surface area contributed by atoms with Crippen molar-refractivity contribution >= 4 is 27.2 Å². The lowest BCUT2D eigenvalue weighted by molar-refractivity contribution is -0.136. The largest absolute Gasteiger partial charge is 0.418 e. The van der Waals surface area contributed by atoms with Gasteiger partial charge >= 0.3 is 6.18 Å². The fraction of sp³-hybridized carbons (Fsp3) is 0.429. The molecule has 7 heteroatoms. The Bertz CT molecular complexity index is 1070. The van der Waals surface area contributed by atoms with Crippen LogP contribution in [0.1, 0.15) is 31.2 Å². The molecule has 3 heterocycles. The van der Waals surface area contributed by atoms with Crippen LogP contribution in [-0.2, 0) is 6.18 Å². The monoisotopic (exact) mass is 404 g/mol. The van der Waals surface area contributed by atoms with Crippen LogP contribution in [0.25, 0.3) is 20.8 Å². The third kappa shape index (κ3) is 3.15. The number of hydrogen-bond acceptors (Lipinski definition) is 3. The summed E-state index contributed by atoms with van der Waals surface area (Å²) in [5, 5.41) is 1.13. The molecule has 0 atom stereocenters. The first-order valence-electron chi connectivity index (χ1n) is 9.78. The highest BCUT2D eigenvalue weighted by atomic mass is 32.1. The van der Waals surface area contributed by atoms with Crippen molar-refractivity contribution in [2.75, 3.05) is 31.1 Å². The van der Waals surface area contributed by atoms with E-state index in [0.717, 1.165) is 49.3 Å². The zero-order valence-electron chi connectivity index (χ0n) is 15.4. The second-order valence-electron chi connectivity index (χ2n) is 7.59. The summed E-state index contributed by atoms with van der Waals surface area (Å²) >= 11 is 1.41. The predicted molar refractivity (Wildman–Crippen MR) is 107 cm³/mol. The van der Waals surface area contributed by atoms with Crippen molar-refractivity contribution in [3.63, 3.8) is 0 Å². The molecule has 0 N–H and O–H groups in total. The molecule has 1 aliphatic carbocycles. The molecule has 3 nitrogen and oxygen atoms in total. The molecule has 0 amide bonds. The number of fused-ring (bicyclic) bond motifs is 2. The summed E-state index contributed by atoms with van der Waals surface area (Å²) < 4.78 is 44.3. The van der Waals surface area contributed by atoms with Gasteiger partial charge in [-0.3, -0.25) is 0 Å². The Labute approximate surface area is 165 Å². The van der Waals surface area contributed by atoms with Crippen LogP contribution in [0.4, 0.5) is 18.9 Å². The van der Waals surface area contributed by atoms with Crippen molar-refractivity contribution in [1.29, 1.82) is 0 Å². The van der Waals surface area contributed by atoms with E-state index >= 15 is 0 Å². The fourth-order valence-corrected chi connectivity index (χ4v) is 5.32. The van der Waals surface area contributed by atoms with Gasteiger partial charge in [0.05, 0.1) is 26.4 Å². The lowest BCUT2D eigenvalue weighted by Crippen LogP contribution is -2.26. The number of alkyl halides is 3. The number of anilines is 1. The van der Waals surface area contributed by atoms with Gasteiger partial charge in [0.15, 0.2) is 0 Å². The molecule has 0 unspecified atom stereocenters. The van der Waals surface area contributed by atoms with E-state index in [1.165, 1.54) is 30.2 Å². The van der Waals surface area contributed by atoms with Crippen LogP contribution >= 0.6 is 11.3 Å². The average Bonchev–Trinajstić information content (AvgIpc) is 3.38. The van der Waals surface area contributed by atoms with Crippen LogP contribution in [0.2, 0.25) is 0 Å². The first kappa shape index (κ1) is 17.9. The zero-order chi connectivity index (χ0) is 19.3. The molecule has 3 aliphatic heterocycles. The Hall–Kier alpha value is -2.15. The van der Waals surface area contributed by atoms with Gasteiger partial charge in [-0.2, -0.15) is 13.2 Å². The minimum atomic E-state index is -4.42.